The number of nitrogens with one attached hydrogen (secondary N) is 2. The molecule has 1 aromatic heterocycles. The number of nitrogens with zero attached hydrogens (tertiary/aromatic N) is 2. The topological polar surface area (TPSA) is 68.2 Å². The molecule has 0 unspecified atom stereocenters. The van der Waals surface area contributed by atoms with Gasteiger partial charge in [0, 0.05) is 19.0 Å². The predicted molar refractivity (Wildman–Crippen MR) is 89.7 cm³/mol. The van der Waals surface area contributed by atoms with E-state index in [4.69, 9.17) is 0 Å². The smallest absolute Gasteiger partial charge is 0.406 e. The Kier molecular flexibility index (Phi) is 4.70. The lowest BCUT2D eigenvalue weighted by Gasteiger charge is -2.10. The Bertz CT molecular complexity index is 920. The summed E-state index contributed by atoms with van der Waals surface area (Å²) in [6, 6.07) is 10.3. The van der Waals surface area contributed by atoms with Crippen molar-refractivity contribution in [3.05, 3.63) is 54.2 Å². The number of alkyl halides is 3. The average Bonchev–Trinajstić information content (AvgIpc) is 2.95. The largest absolute Gasteiger partial charge is 0.573 e. The van der Waals surface area contributed by atoms with Crippen LogP contribution < -0.4 is 15.4 Å². The van der Waals surface area contributed by atoms with Gasteiger partial charge in [-0.05, 0) is 29.8 Å². The fraction of sp³-hybridized carbons (Fsp3) is 0.176. The van der Waals surface area contributed by atoms with E-state index in [2.05, 4.69) is 20.5 Å². The zero-order valence-corrected chi connectivity index (χ0v) is 13.7. The van der Waals surface area contributed by atoms with E-state index in [0.29, 0.717) is 11.3 Å². The summed E-state index contributed by atoms with van der Waals surface area (Å²) in [5.74, 6) is -0.311. The molecule has 0 aliphatic rings. The molecule has 2 aromatic carbocycles. The van der Waals surface area contributed by atoms with Crippen LogP contribution in [0.15, 0.2) is 48.7 Å². The first-order valence-corrected chi connectivity index (χ1v) is 7.62. The number of ether oxygens (including phenoxy) is 1. The number of carbonyl (C=O) groups excluding carboxylic acids is 1. The van der Waals surface area contributed by atoms with Crippen molar-refractivity contribution in [3.63, 3.8) is 0 Å². The summed E-state index contributed by atoms with van der Waals surface area (Å²) >= 11 is 0. The van der Waals surface area contributed by atoms with Crippen LogP contribution in [0.1, 0.15) is 5.56 Å². The zero-order valence-electron chi connectivity index (χ0n) is 13.7. The van der Waals surface area contributed by atoms with Gasteiger partial charge in [0.25, 0.3) is 0 Å². The maximum atomic E-state index is 12.1. The van der Waals surface area contributed by atoms with Gasteiger partial charge in [0.1, 0.15) is 5.75 Å². The number of amides is 2. The molecule has 3 rings (SSSR count). The summed E-state index contributed by atoms with van der Waals surface area (Å²) in [5.41, 5.74) is 2.12. The SMILES string of the molecule is Cn1ncc2c(NC(=O)NCc3ccc(OC(F)(F)F)cc3)cccc21. The van der Waals surface area contributed by atoms with Crippen LogP contribution in [0.3, 0.4) is 0 Å². The lowest BCUT2D eigenvalue weighted by Crippen LogP contribution is -2.28. The third-order valence-electron chi connectivity index (χ3n) is 3.65. The first-order chi connectivity index (χ1) is 12.3. The number of aromatic nitrogens is 2. The number of fused-ring (bicyclic) bond motifs is 1. The number of benzene rings is 2. The Morgan fingerprint density at radius 3 is 2.62 bits per heavy atom. The highest BCUT2D eigenvalue weighted by molar-refractivity contribution is 6.00. The maximum absolute atomic E-state index is 12.1. The molecule has 0 fully saturated rings. The van der Waals surface area contributed by atoms with Crippen LogP contribution in [-0.4, -0.2) is 22.2 Å². The van der Waals surface area contributed by atoms with Crippen molar-refractivity contribution in [1.82, 2.24) is 15.1 Å². The van der Waals surface area contributed by atoms with E-state index in [9.17, 15) is 18.0 Å². The first-order valence-electron chi connectivity index (χ1n) is 7.62. The van der Waals surface area contributed by atoms with E-state index >= 15 is 0 Å². The number of rotatable bonds is 4. The molecular weight excluding hydrogens is 349 g/mol. The van der Waals surface area contributed by atoms with Gasteiger partial charge in [0.15, 0.2) is 0 Å². The molecule has 0 bridgehead atoms. The molecule has 2 amide bonds. The molecule has 26 heavy (non-hydrogen) atoms. The van der Waals surface area contributed by atoms with Crippen LogP contribution in [0.25, 0.3) is 10.9 Å². The minimum absolute atomic E-state index is 0.154. The summed E-state index contributed by atoms with van der Waals surface area (Å²) in [5, 5.41) is 10.3. The van der Waals surface area contributed by atoms with Crippen molar-refractivity contribution in [3.8, 4) is 5.75 Å². The fourth-order valence-electron chi connectivity index (χ4n) is 2.44. The van der Waals surface area contributed by atoms with Crippen LogP contribution in [0.5, 0.6) is 5.75 Å². The molecule has 2 N–H and O–H groups in total. The molecule has 136 valence electrons. The van der Waals surface area contributed by atoms with Crippen LogP contribution in [0.2, 0.25) is 0 Å². The molecule has 0 aliphatic heterocycles. The number of carbonyl (C=O) groups is 1. The molecule has 9 heteroatoms. The van der Waals surface area contributed by atoms with Gasteiger partial charge in [-0.2, -0.15) is 5.10 Å². The summed E-state index contributed by atoms with van der Waals surface area (Å²) in [6.07, 6.45) is -3.07. The van der Waals surface area contributed by atoms with Gasteiger partial charge in [0.05, 0.1) is 17.4 Å². The highest BCUT2D eigenvalue weighted by Crippen LogP contribution is 2.23. The highest BCUT2D eigenvalue weighted by Gasteiger charge is 2.30. The van der Waals surface area contributed by atoms with Gasteiger partial charge in [-0.25, -0.2) is 4.79 Å². The van der Waals surface area contributed by atoms with Crippen molar-refractivity contribution in [2.75, 3.05) is 5.32 Å². The molecule has 3 aromatic rings. The summed E-state index contributed by atoms with van der Waals surface area (Å²) < 4.78 is 41.9. The Balaban J connectivity index is 1.58. The second-order valence-corrected chi connectivity index (χ2v) is 5.51. The van der Waals surface area contributed by atoms with Gasteiger partial charge >= 0.3 is 12.4 Å². The Morgan fingerprint density at radius 1 is 1.19 bits per heavy atom. The van der Waals surface area contributed by atoms with Crippen molar-refractivity contribution in [1.29, 1.82) is 0 Å². The van der Waals surface area contributed by atoms with Crippen LogP contribution in [0, 0.1) is 0 Å². The lowest BCUT2D eigenvalue weighted by atomic mass is 10.2. The predicted octanol–water partition coefficient (Wildman–Crippen LogP) is 3.79. The Morgan fingerprint density at radius 2 is 1.92 bits per heavy atom. The second kappa shape index (κ2) is 6.95. The molecule has 0 atom stereocenters. The molecule has 0 saturated carbocycles. The fourth-order valence-corrected chi connectivity index (χ4v) is 2.44. The van der Waals surface area contributed by atoms with Crippen molar-refractivity contribution < 1.29 is 22.7 Å². The number of hydrogen-bond donors (Lipinski definition) is 2. The quantitative estimate of drug-likeness (QED) is 0.740. The van der Waals surface area contributed by atoms with Gasteiger partial charge in [-0.15, -0.1) is 13.2 Å². The van der Waals surface area contributed by atoms with Crippen molar-refractivity contribution in [2.45, 2.75) is 12.9 Å². The monoisotopic (exact) mass is 364 g/mol. The molecule has 0 saturated heterocycles. The second-order valence-electron chi connectivity index (χ2n) is 5.51. The number of anilines is 1. The van der Waals surface area contributed by atoms with Gasteiger partial charge in [-0.3, -0.25) is 4.68 Å². The van der Waals surface area contributed by atoms with E-state index in [-0.39, 0.29) is 12.3 Å². The first kappa shape index (κ1) is 17.6. The van der Waals surface area contributed by atoms with Crippen LogP contribution in [0.4, 0.5) is 23.7 Å². The van der Waals surface area contributed by atoms with Crippen LogP contribution >= 0.6 is 0 Å². The molecule has 6 nitrogen and oxygen atoms in total. The van der Waals surface area contributed by atoms with Crippen LogP contribution in [-0.2, 0) is 13.6 Å². The lowest BCUT2D eigenvalue weighted by molar-refractivity contribution is -0.274. The standard InChI is InChI=1S/C17H15F3N4O2/c1-24-15-4-2-3-14(13(15)10-22-24)23-16(25)21-9-11-5-7-12(8-6-11)26-17(18,19)20/h2-8,10H,9H2,1H3,(H2,21,23,25). The van der Waals surface area contributed by atoms with Crippen molar-refractivity contribution in [2.24, 2.45) is 7.05 Å². The van der Waals surface area contributed by atoms with Crippen molar-refractivity contribution >= 4 is 22.6 Å². The molecular formula is C17H15F3N4O2. The Hall–Kier alpha value is -3.23. The normalized spacial score (nSPS) is 11.4. The summed E-state index contributed by atoms with van der Waals surface area (Å²) in [7, 11) is 1.80. The van der Waals surface area contributed by atoms with Gasteiger partial charge in [-0.1, -0.05) is 18.2 Å². The third kappa shape index (κ3) is 4.24. The van der Waals surface area contributed by atoms with E-state index in [1.807, 2.05) is 6.07 Å². The molecule has 0 spiro atoms. The average molecular weight is 364 g/mol. The van der Waals surface area contributed by atoms with Gasteiger partial charge < -0.3 is 15.4 Å². The minimum atomic E-state index is -4.73. The van der Waals surface area contributed by atoms with E-state index in [0.717, 1.165) is 10.9 Å². The molecule has 0 radical (unpaired) electrons. The number of aryl methyl sites for hydroxylation is 1. The third-order valence-corrected chi connectivity index (χ3v) is 3.65. The van der Waals surface area contributed by atoms with E-state index in [1.165, 1.54) is 24.3 Å². The summed E-state index contributed by atoms with van der Waals surface area (Å²) in [4.78, 5) is 12.1. The minimum Gasteiger partial charge on any atom is -0.406 e. The van der Waals surface area contributed by atoms with E-state index < -0.39 is 12.4 Å². The van der Waals surface area contributed by atoms with Gasteiger partial charge in [0.2, 0.25) is 0 Å². The highest BCUT2D eigenvalue weighted by atomic mass is 19.4. The van der Waals surface area contributed by atoms with E-state index in [1.54, 1.807) is 30.1 Å². The maximum Gasteiger partial charge on any atom is 0.573 e. The number of urea groups is 1. The molecule has 0 aliphatic carbocycles. The Labute approximate surface area is 146 Å². The number of hydrogen-bond acceptors (Lipinski definition) is 3. The zero-order chi connectivity index (χ0) is 18.7. The number of halogens is 3. The molecule has 1 heterocycles. The summed E-state index contributed by atoms with van der Waals surface area (Å²) in [6.45, 7) is 0.154.